The van der Waals surface area contributed by atoms with Crippen LogP contribution in [0.4, 0.5) is 0 Å². The van der Waals surface area contributed by atoms with Crippen LogP contribution >= 0.6 is 37.2 Å². The lowest BCUT2D eigenvalue weighted by Crippen LogP contribution is -2.40. The predicted octanol–water partition coefficient (Wildman–Crippen LogP) is 4.41. The lowest BCUT2D eigenvalue weighted by Gasteiger charge is -2.31. The van der Waals surface area contributed by atoms with Crippen LogP contribution in [0.3, 0.4) is 0 Å². The third kappa shape index (κ3) is 8.09. The monoisotopic (exact) mass is 460 g/mol. The Kier molecular flexibility index (Phi) is 12.4. The minimum Gasteiger partial charge on any atom is -0.331 e. The van der Waals surface area contributed by atoms with Crippen LogP contribution in [0.15, 0.2) is 36.4 Å². The van der Waals surface area contributed by atoms with Crippen molar-refractivity contribution in [3.63, 3.8) is 0 Å². The molecule has 162 valence electrons. The number of aromatic nitrogens is 2. The summed E-state index contributed by atoms with van der Waals surface area (Å²) in [4.78, 5) is 24.3. The summed E-state index contributed by atoms with van der Waals surface area (Å²) in [6, 6.07) is 12.0. The van der Waals surface area contributed by atoms with E-state index in [1.807, 2.05) is 55.1 Å². The zero-order valence-corrected chi connectivity index (χ0v) is 19.4. The lowest BCUT2D eigenvalue weighted by molar-refractivity contribution is -0.138. The van der Waals surface area contributed by atoms with E-state index in [1.54, 1.807) is 0 Å². The number of nitrogens with zero attached hydrogens (tertiary/aromatic N) is 3. The molecule has 0 aromatic carbocycles. The van der Waals surface area contributed by atoms with Gasteiger partial charge in [-0.2, -0.15) is 0 Å². The molecule has 1 aliphatic carbocycles. The summed E-state index contributed by atoms with van der Waals surface area (Å²) in [5.74, 6) is 0.181. The van der Waals surface area contributed by atoms with Gasteiger partial charge in [0, 0.05) is 23.3 Å². The first-order valence-corrected chi connectivity index (χ1v) is 9.40. The van der Waals surface area contributed by atoms with Crippen LogP contribution in [-0.2, 0) is 17.9 Å². The molecule has 1 fully saturated rings. The second kappa shape index (κ2) is 13.0. The maximum Gasteiger partial charge on any atom is 0.226 e. The number of amides is 1. The highest BCUT2D eigenvalue weighted by molar-refractivity contribution is 5.86. The van der Waals surface area contributed by atoms with Crippen molar-refractivity contribution >= 4 is 43.1 Å². The summed E-state index contributed by atoms with van der Waals surface area (Å²) >= 11 is 0. The number of rotatable bonds is 5. The van der Waals surface area contributed by atoms with Gasteiger partial charge in [-0.25, -0.2) is 0 Å². The third-order valence-electron chi connectivity index (χ3n) is 4.97. The number of hydrogen-bond acceptors (Lipinski definition) is 4. The topological polar surface area (TPSA) is 72.1 Å². The molecule has 0 spiro atoms. The van der Waals surface area contributed by atoms with E-state index in [-0.39, 0.29) is 55.1 Å². The van der Waals surface area contributed by atoms with Crippen molar-refractivity contribution < 1.29 is 4.79 Å². The highest BCUT2D eigenvalue weighted by atomic mass is 35.5. The third-order valence-corrected chi connectivity index (χ3v) is 4.97. The Labute approximate surface area is 192 Å². The Hall–Kier alpha value is -1.40. The number of halogens is 3. The molecule has 5 nitrogen and oxygen atoms in total. The molecule has 2 aromatic rings. The van der Waals surface area contributed by atoms with Gasteiger partial charge in [-0.05, 0) is 57.4 Å². The van der Waals surface area contributed by atoms with Gasteiger partial charge >= 0.3 is 0 Å². The molecule has 1 saturated carbocycles. The number of hydrogen-bond donors (Lipinski definition) is 1. The van der Waals surface area contributed by atoms with Crippen molar-refractivity contribution in [3.8, 4) is 0 Å². The van der Waals surface area contributed by atoms with E-state index in [9.17, 15) is 4.79 Å². The van der Waals surface area contributed by atoms with Crippen molar-refractivity contribution in [2.75, 3.05) is 0 Å². The standard InChI is InChI=1S/C21H28N4O.3ClH/c1-15-6-3-10-19(23-15)13-25(14-20-11-4-7-16(2)24-20)21(26)17-8-5-9-18(22)12-17;;;/h3-4,6-7,10-11,17-18H,5,8-9,12-14,22H2,1-2H3;3*1H. The molecule has 2 aromatic heterocycles. The molecule has 0 radical (unpaired) electrons. The van der Waals surface area contributed by atoms with E-state index in [0.29, 0.717) is 13.1 Å². The van der Waals surface area contributed by atoms with Gasteiger partial charge in [-0.3, -0.25) is 14.8 Å². The fraction of sp³-hybridized carbons (Fsp3) is 0.476. The maximum absolute atomic E-state index is 13.2. The van der Waals surface area contributed by atoms with Crippen molar-refractivity contribution in [2.45, 2.75) is 58.7 Å². The normalized spacial score (nSPS) is 17.9. The number of aryl methyl sites for hydroxylation is 2. The molecule has 29 heavy (non-hydrogen) atoms. The largest absolute Gasteiger partial charge is 0.331 e. The molecule has 3 rings (SSSR count). The van der Waals surface area contributed by atoms with Crippen LogP contribution in [0.5, 0.6) is 0 Å². The molecule has 2 heterocycles. The molecule has 0 saturated heterocycles. The molecule has 8 heteroatoms. The van der Waals surface area contributed by atoms with E-state index in [0.717, 1.165) is 48.5 Å². The first-order chi connectivity index (χ1) is 12.5. The van der Waals surface area contributed by atoms with Gasteiger partial charge in [0.05, 0.1) is 24.5 Å². The van der Waals surface area contributed by atoms with Crippen LogP contribution in [0.25, 0.3) is 0 Å². The van der Waals surface area contributed by atoms with Crippen molar-refractivity contribution in [1.29, 1.82) is 0 Å². The first-order valence-electron chi connectivity index (χ1n) is 9.40. The van der Waals surface area contributed by atoms with Gasteiger partial charge in [0.25, 0.3) is 0 Å². The minimum atomic E-state index is 0. The molecule has 2 unspecified atom stereocenters. The van der Waals surface area contributed by atoms with Crippen molar-refractivity contribution in [2.24, 2.45) is 11.7 Å². The Morgan fingerprint density at radius 3 is 1.93 bits per heavy atom. The summed E-state index contributed by atoms with van der Waals surface area (Å²) in [6.45, 7) is 4.94. The Morgan fingerprint density at radius 2 is 1.48 bits per heavy atom. The second-order valence-corrected chi connectivity index (χ2v) is 7.36. The van der Waals surface area contributed by atoms with Crippen LogP contribution < -0.4 is 5.73 Å². The summed E-state index contributed by atoms with van der Waals surface area (Å²) in [5, 5.41) is 0. The van der Waals surface area contributed by atoms with Gasteiger partial charge in [0.2, 0.25) is 5.91 Å². The molecular weight excluding hydrogens is 431 g/mol. The zero-order valence-electron chi connectivity index (χ0n) is 16.9. The van der Waals surface area contributed by atoms with Gasteiger partial charge in [0.15, 0.2) is 0 Å². The molecule has 0 aliphatic heterocycles. The number of nitrogens with two attached hydrogens (primary N) is 1. The van der Waals surface area contributed by atoms with Gasteiger partial charge in [-0.15, -0.1) is 37.2 Å². The Balaban J connectivity index is 0.00000261. The minimum absolute atomic E-state index is 0. The van der Waals surface area contributed by atoms with Crippen molar-refractivity contribution in [1.82, 2.24) is 14.9 Å². The fourth-order valence-corrected chi connectivity index (χ4v) is 3.69. The molecular formula is C21H31Cl3N4O. The molecule has 2 N–H and O–H groups in total. The molecule has 2 atom stereocenters. The van der Waals surface area contributed by atoms with E-state index < -0.39 is 0 Å². The average molecular weight is 462 g/mol. The lowest BCUT2D eigenvalue weighted by atomic mass is 9.85. The van der Waals surface area contributed by atoms with Crippen LogP contribution in [-0.4, -0.2) is 26.8 Å². The number of carbonyl (C=O) groups excluding carboxylic acids is 1. The molecule has 1 aliphatic rings. The Morgan fingerprint density at radius 1 is 0.966 bits per heavy atom. The molecule has 0 bridgehead atoms. The second-order valence-electron chi connectivity index (χ2n) is 7.36. The quantitative estimate of drug-likeness (QED) is 0.716. The van der Waals surface area contributed by atoms with Crippen molar-refractivity contribution in [3.05, 3.63) is 59.2 Å². The summed E-state index contributed by atoms with van der Waals surface area (Å²) in [6.07, 6.45) is 3.74. The van der Waals surface area contributed by atoms with Crippen LogP contribution in [0, 0.1) is 19.8 Å². The fourth-order valence-electron chi connectivity index (χ4n) is 3.69. The number of carbonyl (C=O) groups is 1. The van der Waals surface area contributed by atoms with Gasteiger partial charge in [-0.1, -0.05) is 18.6 Å². The first kappa shape index (κ1) is 27.6. The maximum atomic E-state index is 13.2. The van der Waals surface area contributed by atoms with Crippen LogP contribution in [0.1, 0.15) is 48.5 Å². The van der Waals surface area contributed by atoms with E-state index in [2.05, 4.69) is 9.97 Å². The number of pyridine rings is 2. The van der Waals surface area contributed by atoms with Gasteiger partial charge < -0.3 is 10.6 Å². The Bertz CT molecular complexity index is 728. The van der Waals surface area contributed by atoms with E-state index in [1.165, 1.54) is 0 Å². The molecule has 1 amide bonds. The predicted molar refractivity (Wildman–Crippen MR) is 124 cm³/mol. The summed E-state index contributed by atoms with van der Waals surface area (Å²) in [7, 11) is 0. The SMILES string of the molecule is Cc1cccc(CN(Cc2cccc(C)n2)C(=O)C2CCCC(N)C2)n1.Cl.Cl.Cl. The van der Waals surface area contributed by atoms with E-state index in [4.69, 9.17) is 5.73 Å². The summed E-state index contributed by atoms with van der Waals surface area (Å²) < 4.78 is 0. The summed E-state index contributed by atoms with van der Waals surface area (Å²) in [5.41, 5.74) is 9.85. The highest BCUT2D eigenvalue weighted by Gasteiger charge is 2.29. The zero-order chi connectivity index (χ0) is 18.5. The smallest absolute Gasteiger partial charge is 0.226 e. The van der Waals surface area contributed by atoms with Crippen LogP contribution in [0.2, 0.25) is 0 Å². The average Bonchev–Trinajstić information content (AvgIpc) is 2.61. The van der Waals surface area contributed by atoms with E-state index >= 15 is 0 Å². The van der Waals surface area contributed by atoms with Gasteiger partial charge in [0.1, 0.15) is 0 Å². The highest BCUT2D eigenvalue weighted by Crippen LogP contribution is 2.26.